The van der Waals surface area contributed by atoms with E-state index < -0.39 is 5.91 Å². The van der Waals surface area contributed by atoms with E-state index in [9.17, 15) is 4.79 Å². The van der Waals surface area contributed by atoms with Crippen LogP contribution in [-0.2, 0) is 12.8 Å². The minimum Gasteiger partial charge on any atom is -0.364 e. The molecular formula is C10H15N3O. The van der Waals surface area contributed by atoms with Crippen molar-refractivity contribution in [1.29, 1.82) is 0 Å². The molecular weight excluding hydrogens is 178 g/mol. The average molecular weight is 193 g/mol. The number of hydrogen-bond acceptors (Lipinski definition) is 2. The molecule has 0 atom stereocenters. The fourth-order valence-corrected chi connectivity index (χ4v) is 2.03. The normalized spacial score (nSPS) is 19.0. The number of aromatic nitrogens is 2. The Kier molecular flexibility index (Phi) is 1.87. The molecule has 3 N–H and O–H groups in total. The SMILES string of the molecule is CC1(C)CCc2[nH]nc(C(N)=O)c2C1. The third kappa shape index (κ3) is 1.41. The fourth-order valence-electron chi connectivity index (χ4n) is 2.03. The Balaban J connectivity index is 2.42. The summed E-state index contributed by atoms with van der Waals surface area (Å²) in [5, 5.41) is 6.86. The van der Waals surface area contributed by atoms with Crippen molar-refractivity contribution in [2.45, 2.75) is 33.1 Å². The number of nitrogens with one attached hydrogen (secondary N) is 1. The Bertz CT molecular complexity index is 379. The first-order valence-electron chi connectivity index (χ1n) is 4.85. The van der Waals surface area contributed by atoms with Crippen molar-refractivity contribution in [2.24, 2.45) is 11.1 Å². The van der Waals surface area contributed by atoms with Crippen molar-refractivity contribution in [3.05, 3.63) is 17.0 Å². The van der Waals surface area contributed by atoms with Crippen LogP contribution in [0.1, 0.15) is 42.0 Å². The van der Waals surface area contributed by atoms with Gasteiger partial charge in [-0.2, -0.15) is 5.10 Å². The average Bonchev–Trinajstić information content (AvgIpc) is 2.44. The van der Waals surface area contributed by atoms with Gasteiger partial charge in [0, 0.05) is 11.3 Å². The van der Waals surface area contributed by atoms with Crippen molar-refractivity contribution in [2.75, 3.05) is 0 Å². The Morgan fingerprint density at radius 3 is 2.93 bits per heavy atom. The van der Waals surface area contributed by atoms with E-state index in [0.29, 0.717) is 5.69 Å². The monoisotopic (exact) mass is 193 g/mol. The molecule has 1 heterocycles. The van der Waals surface area contributed by atoms with Crippen molar-refractivity contribution in [3.63, 3.8) is 0 Å². The molecule has 14 heavy (non-hydrogen) atoms. The second-order valence-corrected chi connectivity index (χ2v) is 4.73. The van der Waals surface area contributed by atoms with Gasteiger partial charge in [0.05, 0.1) is 0 Å². The predicted molar refractivity (Wildman–Crippen MR) is 52.9 cm³/mol. The smallest absolute Gasteiger partial charge is 0.269 e. The highest BCUT2D eigenvalue weighted by molar-refractivity contribution is 5.92. The molecule has 0 unspecified atom stereocenters. The zero-order chi connectivity index (χ0) is 10.3. The van der Waals surface area contributed by atoms with Crippen molar-refractivity contribution >= 4 is 5.91 Å². The lowest BCUT2D eigenvalue weighted by Crippen LogP contribution is -2.24. The summed E-state index contributed by atoms with van der Waals surface area (Å²) in [6.45, 7) is 4.40. The first-order chi connectivity index (χ1) is 6.49. The third-order valence-electron chi connectivity index (χ3n) is 2.89. The number of primary amides is 1. The number of nitrogens with zero attached hydrogens (tertiary/aromatic N) is 1. The summed E-state index contributed by atoms with van der Waals surface area (Å²) in [4.78, 5) is 11.1. The Morgan fingerprint density at radius 2 is 2.29 bits per heavy atom. The number of nitrogens with two attached hydrogens (primary N) is 1. The first kappa shape index (κ1) is 9.24. The molecule has 2 rings (SSSR count). The van der Waals surface area contributed by atoms with E-state index in [1.165, 1.54) is 0 Å². The van der Waals surface area contributed by atoms with Gasteiger partial charge in [0.1, 0.15) is 0 Å². The van der Waals surface area contributed by atoms with Crippen LogP contribution in [0.5, 0.6) is 0 Å². The van der Waals surface area contributed by atoms with Crippen molar-refractivity contribution in [3.8, 4) is 0 Å². The number of rotatable bonds is 1. The van der Waals surface area contributed by atoms with Gasteiger partial charge in [-0.3, -0.25) is 9.89 Å². The summed E-state index contributed by atoms with van der Waals surface area (Å²) < 4.78 is 0. The molecule has 1 aliphatic carbocycles. The number of fused-ring (bicyclic) bond motifs is 1. The molecule has 0 aromatic carbocycles. The molecule has 0 aliphatic heterocycles. The standard InChI is InChI=1S/C10H15N3O/c1-10(2)4-3-7-6(5-10)8(9(11)14)13-12-7/h3-5H2,1-2H3,(H2,11,14)(H,12,13). The summed E-state index contributed by atoms with van der Waals surface area (Å²) in [7, 11) is 0. The minimum atomic E-state index is -0.430. The van der Waals surface area contributed by atoms with Gasteiger partial charge >= 0.3 is 0 Å². The topological polar surface area (TPSA) is 71.8 Å². The maximum atomic E-state index is 11.1. The number of hydrogen-bond donors (Lipinski definition) is 2. The molecule has 4 heteroatoms. The lowest BCUT2D eigenvalue weighted by molar-refractivity contribution is 0.0994. The van der Waals surface area contributed by atoms with Gasteiger partial charge in [-0.1, -0.05) is 13.8 Å². The summed E-state index contributed by atoms with van der Waals surface area (Å²) in [5.41, 5.74) is 8.03. The maximum absolute atomic E-state index is 11.1. The molecule has 1 aromatic rings. The highest BCUT2D eigenvalue weighted by atomic mass is 16.1. The lowest BCUT2D eigenvalue weighted by Gasteiger charge is -2.29. The highest BCUT2D eigenvalue weighted by Crippen LogP contribution is 2.34. The van der Waals surface area contributed by atoms with Crippen LogP contribution in [0, 0.1) is 5.41 Å². The second kappa shape index (κ2) is 2.83. The van der Waals surface area contributed by atoms with Gasteiger partial charge in [0.25, 0.3) is 5.91 Å². The van der Waals surface area contributed by atoms with Crippen LogP contribution in [0.3, 0.4) is 0 Å². The molecule has 0 spiro atoms. The lowest BCUT2D eigenvalue weighted by atomic mass is 9.76. The van der Waals surface area contributed by atoms with E-state index in [4.69, 9.17) is 5.73 Å². The molecule has 1 amide bonds. The van der Waals surface area contributed by atoms with Crippen LogP contribution in [0.25, 0.3) is 0 Å². The van der Waals surface area contributed by atoms with Gasteiger partial charge in [0.2, 0.25) is 0 Å². The van der Waals surface area contributed by atoms with E-state index in [2.05, 4.69) is 24.0 Å². The van der Waals surface area contributed by atoms with E-state index in [1.54, 1.807) is 0 Å². The Hall–Kier alpha value is -1.32. The summed E-state index contributed by atoms with van der Waals surface area (Å²) in [6.07, 6.45) is 2.97. The summed E-state index contributed by atoms with van der Waals surface area (Å²) in [6, 6.07) is 0. The number of carbonyl (C=O) groups excluding carboxylic acids is 1. The Labute approximate surface area is 82.9 Å². The molecule has 0 saturated carbocycles. The van der Waals surface area contributed by atoms with Gasteiger partial charge < -0.3 is 5.73 Å². The largest absolute Gasteiger partial charge is 0.364 e. The van der Waals surface area contributed by atoms with Crippen LogP contribution in [-0.4, -0.2) is 16.1 Å². The molecule has 4 nitrogen and oxygen atoms in total. The summed E-state index contributed by atoms with van der Waals surface area (Å²) >= 11 is 0. The number of H-pyrrole nitrogens is 1. The highest BCUT2D eigenvalue weighted by Gasteiger charge is 2.30. The molecule has 0 bridgehead atoms. The maximum Gasteiger partial charge on any atom is 0.269 e. The van der Waals surface area contributed by atoms with E-state index in [0.717, 1.165) is 30.5 Å². The number of aromatic amines is 1. The van der Waals surface area contributed by atoms with Gasteiger partial charge in [-0.25, -0.2) is 0 Å². The molecule has 0 saturated heterocycles. The van der Waals surface area contributed by atoms with Crippen LogP contribution in [0.2, 0.25) is 0 Å². The second-order valence-electron chi connectivity index (χ2n) is 4.73. The van der Waals surface area contributed by atoms with Crippen LogP contribution >= 0.6 is 0 Å². The quantitative estimate of drug-likeness (QED) is 0.699. The van der Waals surface area contributed by atoms with Gasteiger partial charge in [-0.05, 0) is 24.7 Å². The first-order valence-corrected chi connectivity index (χ1v) is 4.85. The van der Waals surface area contributed by atoms with Crippen LogP contribution in [0.15, 0.2) is 0 Å². The van der Waals surface area contributed by atoms with E-state index in [1.807, 2.05) is 0 Å². The van der Waals surface area contributed by atoms with Gasteiger partial charge in [-0.15, -0.1) is 0 Å². The minimum absolute atomic E-state index is 0.251. The molecule has 1 aliphatic rings. The predicted octanol–water partition coefficient (Wildman–Crippen LogP) is 1.02. The van der Waals surface area contributed by atoms with E-state index >= 15 is 0 Å². The molecule has 1 aromatic heterocycles. The number of amides is 1. The fraction of sp³-hybridized carbons (Fsp3) is 0.600. The Morgan fingerprint density at radius 1 is 1.57 bits per heavy atom. The van der Waals surface area contributed by atoms with Gasteiger partial charge in [0.15, 0.2) is 5.69 Å². The van der Waals surface area contributed by atoms with E-state index in [-0.39, 0.29) is 5.41 Å². The number of carbonyl (C=O) groups is 1. The third-order valence-corrected chi connectivity index (χ3v) is 2.89. The van der Waals surface area contributed by atoms with Crippen LogP contribution < -0.4 is 5.73 Å². The van der Waals surface area contributed by atoms with Crippen molar-refractivity contribution < 1.29 is 4.79 Å². The number of aryl methyl sites for hydroxylation is 1. The van der Waals surface area contributed by atoms with Crippen LogP contribution in [0.4, 0.5) is 0 Å². The summed E-state index contributed by atoms with van der Waals surface area (Å²) in [5.74, 6) is -0.430. The molecule has 0 radical (unpaired) electrons. The zero-order valence-corrected chi connectivity index (χ0v) is 8.55. The molecule has 0 fully saturated rings. The zero-order valence-electron chi connectivity index (χ0n) is 8.55. The van der Waals surface area contributed by atoms with Crippen molar-refractivity contribution in [1.82, 2.24) is 10.2 Å². The molecule has 76 valence electrons.